The Labute approximate surface area is 148 Å². The molecular weight excluding hydrogens is 326 g/mol. The molecular formula is C18H27NO2S2. The van der Waals surface area contributed by atoms with Crippen LogP contribution in [0.15, 0.2) is 29.2 Å². The van der Waals surface area contributed by atoms with Crippen LogP contribution in [0.5, 0.6) is 0 Å². The third kappa shape index (κ3) is 6.77. The summed E-state index contributed by atoms with van der Waals surface area (Å²) in [6.07, 6.45) is 5.07. The molecule has 1 saturated carbocycles. The Morgan fingerprint density at radius 3 is 2.61 bits per heavy atom. The first-order valence-electron chi connectivity index (χ1n) is 8.29. The zero-order valence-electron chi connectivity index (χ0n) is 14.0. The predicted molar refractivity (Wildman–Crippen MR) is 100 cm³/mol. The summed E-state index contributed by atoms with van der Waals surface area (Å²) in [7, 11) is 1.65. The summed E-state index contributed by atoms with van der Waals surface area (Å²) in [6.45, 7) is 3.30. The van der Waals surface area contributed by atoms with Gasteiger partial charge in [-0.2, -0.15) is 0 Å². The number of hydrogen-bond acceptors (Lipinski definition) is 4. The third-order valence-electron chi connectivity index (χ3n) is 4.01. The van der Waals surface area contributed by atoms with Crippen LogP contribution in [-0.4, -0.2) is 42.4 Å². The molecule has 0 radical (unpaired) electrons. The summed E-state index contributed by atoms with van der Waals surface area (Å²) in [5.74, 6) is 0.677. The number of amides is 1. The van der Waals surface area contributed by atoms with Crippen molar-refractivity contribution in [2.24, 2.45) is 0 Å². The molecule has 2 unspecified atom stereocenters. The number of methoxy groups -OCH3 is 1. The molecule has 0 bridgehead atoms. The van der Waals surface area contributed by atoms with Crippen LogP contribution in [0.1, 0.15) is 31.2 Å². The maximum Gasteiger partial charge on any atom is 0.230 e. The van der Waals surface area contributed by atoms with Gasteiger partial charge in [-0.3, -0.25) is 4.79 Å². The molecule has 0 saturated heterocycles. The Balaban J connectivity index is 1.81. The van der Waals surface area contributed by atoms with Crippen LogP contribution in [-0.2, 0) is 9.53 Å². The lowest BCUT2D eigenvalue weighted by molar-refractivity contribution is -0.118. The number of carbonyl (C=O) groups is 1. The average molecular weight is 354 g/mol. The molecule has 1 fully saturated rings. The van der Waals surface area contributed by atoms with Crippen molar-refractivity contribution in [2.75, 3.05) is 26.0 Å². The number of hydrogen-bond donors (Lipinski definition) is 1. The van der Waals surface area contributed by atoms with Gasteiger partial charge >= 0.3 is 0 Å². The molecule has 1 N–H and O–H groups in total. The van der Waals surface area contributed by atoms with E-state index in [2.05, 4.69) is 36.5 Å². The molecule has 1 aliphatic rings. The van der Waals surface area contributed by atoms with E-state index in [9.17, 15) is 4.79 Å². The first kappa shape index (κ1) is 18.7. The van der Waals surface area contributed by atoms with Gasteiger partial charge in [0.05, 0.1) is 12.4 Å². The minimum Gasteiger partial charge on any atom is -0.383 e. The molecule has 1 aliphatic carbocycles. The number of aryl methyl sites for hydroxylation is 1. The minimum absolute atomic E-state index is 0.122. The summed E-state index contributed by atoms with van der Waals surface area (Å²) >= 11 is 3.80. The van der Waals surface area contributed by atoms with Gasteiger partial charge in [-0.05, 0) is 31.9 Å². The van der Waals surface area contributed by atoms with Crippen molar-refractivity contribution in [1.82, 2.24) is 5.32 Å². The van der Waals surface area contributed by atoms with Gasteiger partial charge in [0, 0.05) is 29.0 Å². The summed E-state index contributed by atoms with van der Waals surface area (Å²) in [4.78, 5) is 13.2. The zero-order chi connectivity index (χ0) is 16.5. The van der Waals surface area contributed by atoms with Gasteiger partial charge in [-0.1, -0.05) is 30.5 Å². The maximum absolute atomic E-state index is 11.9. The van der Waals surface area contributed by atoms with Gasteiger partial charge < -0.3 is 10.1 Å². The fraction of sp³-hybridized carbons (Fsp3) is 0.611. The Morgan fingerprint density at radius 2 is 1.91 bits per heavy atom. The molecule has 1 aromatic carbocycles. The SMILES string of the molecule is COCCNC(=O)CSC1CCCCC1Sc1ccc(C)cc1. The van der Waals surface area contributed by atoms with E-state index in [0.717, 1.165) is 0 Å². The number of rotatable bonds is 8. The smallest absolute Gasteiger partial charge is 0.230 e. The second-order valence-electron chi connectivity index (χ2n) is 5.95. The zero-order valence-corrected chi connectivity index (χ0v) is 15.7. The van der Waals surface area contributed by atoms with Gasteiger partial charge in [0.25, 0.3) is 0 Å². The molecule has 3 nitrogen and oxygen atoms in total. The second kappa shape index (κ2) is 10.3. The monoisotopic (exact) mass is 353 g/mol. The first-order valence-corrected chi connectivity index (χ1v) is 10.2. The highest BCUT2D eigenvalue weighted by molar-refractivity contribution is 8.04. The lowest BCUT2D eigenvalue weighted by Crippen LogP contribution is -2.31. The number of thioether (sulfide) groups is 2. The molecule has 0 spiro atoms. The molecule has 2 rings (SSSR count). The molecule has 2 atom stereocenters. The van der Waals surface area contributed by atoms with Crippen molar-refractivity contribution in [3.63, 3.8) is 0 Å². The number of benzene rings is 1. The largest absolute Gasteiger partial charge is 0.383 e. The van der Waals surface area contributed by atoms with Gasteiger partial charge in [0.15, 0.2) is 0 Å². The van der Waals surface area contributed by atoms with Crippen molar-refractivity contribution in [3.8, 4) is 0 Å². The molecule has 128 valence electrons. The Bertz CT molecular complexity index is 478. The van der Waals surface area contributed by atoms with Gasteiger partial charge in [0.1, 0.15) is 0 Å². The van der Waals surface area contributed by atoms with Gasteiger partial charge in [0.2, 0.25) is 5.91 Å². The lowest BCUT2D eigenvalue weighted by Gasteiger charge is -2.30. The van der Waals surface area contributed by atoms with E-state index in [1.165, 1.54) is 36.1 Å². The van der Waals surface area contributed by atoms with Crippen molar-refractivity contribution in [3.05, 3.63) is 29.8 Å². The Kier molecular flexibility index (Phi) is 8.34. The third-order valence-corrected chi connectivity index (χ3v) is 7.01. The van der Waals surface area contributed by atoms with E-state index in [1.807, 2.05) is 23.5 Å². The highest BCUT2D eigenvalue weighted by atomic mass is 32.2. The van der Waals surface area contributed by atoms with Crippen LogP contribution < -0.4 is 5.32 Å². The van der Waals surface area contributed by atoms with Crippen LogP contribution in [0.25, 0.3) is 0 Å². The molecule has 1 amide bonds. The minimum atomic E-state index is 0.122. The summed E-state index contributed by atoms with van der Waals surface area (Å²) in [5.41, 5.74) is 1.30. The van der Waals surface area contributed by atoms with Gasteiger partial charge in [-0.15, -0.1) is 23.5 Å². The normalized spacial score (nSPS) is 21.1. The summed E-state index contributed by atoms with van der Waals surface area (Å²) in [5, 5.41) is 4.09. The maximum atomic E-state index is 11.9. The average Bonchev–Trinajstić information content (AvgIpc) is 2.56. The standard InChI is InChI=1S/C18H27NO2S2/c1-14-7-9-15(10-8-14)23-17-6-4-3-5-16(17)22-13-18(20)19-11-12-21-2/h7-10,16-17H,3-6,11-13H2,1-2H3,(H,19,20). The molecule has 0 aromatic heterocycles. The van der Waals surface area contributed by atoms with Crippen molar-refractivity contribution < 1.29 is 9.53 Å². The van der Waals surface area contributed by atoms with E-state index >= 15 is 0 Å². The van der Waals surface area contributed by atoms with Crippen molar-refractivity contribution in [2.45, 2.75) is 48.0 Å². The van der Waals surface area contributed by atoms with Crippen LogP contribution in [0, 0.1) is 6.92 Å². The highest BCUT2D eigenvalue weighted by Crippen LogP contribution is 2.39. The van der Waals surface area contributed by atoms with E-state index in [4.69, 9.17) is 4.74 Å². The van der Waals surface area contributed by atoms with Crippen LogP contribution in [0.4, 0.5) is 0 Å². The van der Waals surface area contributed by atoms with E-state index in [0.29, 0.717) is 29.4 Å². The summed E-state index contributed by atoms with van der Waals surface area (Å²) in [6, 6.07) is 8.79. The summed E-state index contributed by atoms with van der Waals surface area (Å²) < 4.78 is 4.95. The fourth-order valence-electron chi connectivity index (χ4n) is 2.71. The van der Waals surface area contributed by atoms with Crippen LogP contribution in [0.3, 0.4) is 0 Å². The highest BCUT2D eigenvalue weighted by Gasteiger charge is 2.27. The van der Waals surface area contributed by atoms with Crippen LogP contribution in [0.2, 0.25) is 0 Å². The second-order valence-corrected chi connectivity index (χ2v) is 8.49. The number of carbonyl (C=O) groups excluding carboxylic acids is 1. The van der Waals surface area contributed by atoms with E-state index in [-0.39, 0.29) is 5.91 Å². The van der Waals surface area contributed by atoms with E-state index < -0.39 is 0 Å². The lowest BCUT2D eigenvalue weighted by atomic mass is 10.00. The van der Waals surface area contributed by atoms with Gasteiger partial charge in [-0.25, -0.2) is 0 Å². The first-order chi connectivity index (χ1) is 11.2. The Hall–Kier alpha value is -0.650. The molecule has 0 aliphatic heterocycles. The molecule has 5 heteroatoms. The quantitative estimate of drug-likeness (QED) is 0.720. The Morgan fingerprint density at radius 1 is 1.22 bits per heavy atom. The number of ether oxygens (including phenoxy) is 1. The fourth-order valence-corrected chi connectivity index (χ4v) is 5.48. The van der Waals surface area contributed by atoms with Crippen molar-refractivity contribution >= 4 is 29.4 Å². The van der Waals surface area contributed by atoms with Crippen molar-refractivity contribution in [1.29, 1.82) is 0 Å². The molecule has 23 heavy (non-hydrogen) atoms. The predicted octanol–water partition coefficient (Wildman–Crippen LogP) is 3.89. The molecule has 0 heterocycles. The van der Waals surface area contributed by atoms with Crippen LogP contribution >= 0.6 is 23.5 Å². The van der Waals surface area contributed by atoms with E-state index in [1.54, 1.807) is 7.11 Å². The number of nitrogens with one attached hydrogen (secondary N) is 1. The molecule has 1 aromatic rings. The topological polar surface area (TPSA) is 38.3 Å².